The van der Waals surface area contributed by atoms with Crippen molar-refractivity contribution in [3.05, 3.63) is 41.4 Å². The van der Waals surface area contributed by atoms with Crippen LogP contribution < -0.4 is 5.73 Å². The number of rotatable bonds is 3. The Balaban J connectivity index is 2.55. The van der Waals surface area contributed by atoms with Crippen molar-refractivity contribution in [3.63, 3.8) is 0 Å². The zero-order valence-corrected chi connectivity index (χ0v) is 11.0. The average molecular weight is 281 g/mol. The summed E-state index contributed by atoms with van der Waals surface area (Å²) in [6, 6.07) is 3.06. The van der Waals surface area contributed by atoms with Crippen LogP contribution in [0.25, 0.3) is 5.69 Å². The number of imidazole rings is 1. The van der Waals surface area contributed by atoms with E-state index in [1.165, 1.54) is 10.6 Å². The lowest BCUT2D eigenvalue weighted by Crippen LogP contribution is -2.10. The fraction of sp³-hybridized carbons (Fsp3) is 0.231. The molecular formula is C13H13F2N3O2. The number of halogens is 2. The molecule has 1 heterocycles. The van der Waals surface area contributed by atoms with Crippen LogP contribution in [-0.2, 0) is 4.74 Å². The first kappa shape index (κ1) is 14.0. The minimum atomic E-state index is -0.799. The van der Waals surface area contributed by atoms with Gasteiger partial charge in [-0.3, -0.25) is 4.57 Å². The molecule has 5 nitrogen and oxygen atoms in total. The van der Waals surface area contributed by atoms with Crippen LogP contribution in [0.5, 0.6) is 0 Å². The maximum Gasteiger partial charge on any atom is 0.360 e. The van der Waals surface area contributed by atoms with Crippen LogP contribution >= 0.6 is 0 Å². The fourth-order valence-electron chi connectivity index (χ4n) is 1.87. The molecule has 0 fully saturated rings. The van der Waals surface area contributed by atoms with Crippen LogP contribution in [0.4, 0.5) is 14.6 Å². The predicted molar refractivity (Wildman–Crippen MR) is 68.6 cm³/mol. The van der Waals surface area contributed by atoms with E-state index in [1.54, 1.807) is 13.8 Å². The van der Waals surface area contributed by atoms with Crippen molar-refractivity contribution in [3.8, 4) is 5.69 Å². The molecular weight excluding hydrogens is 268 g/mol. The monoisotopic (exact) mass is 281 g/mol. The summed E-state index contributed by atoms with van der Waals surface area (Å²) in [5.41, 5.74) is 5.74. The largest absolute Gasteiger partial charge is 0.461 e. The number of nitrogen functional groups attached to an aromatic ring is 1. The third kappa shape index (κ3) is 2.34. The number of aryl methyl sites for hydroxylation is 1. The quantitative estimate of drug-likeness (QED) is 0.876. The number of carbonyl (C=O) groups is 1. The number of hydrogen-bond donors (Lipinski definition) is 1. The molecule has 0 unspecified atom stereocenters. The molecule has 0 saturated carbocycles. The summed E-state index contributed by atoms with van der Waals surface area (Å²) in [6.07, 6.45) is 0. The summed E-state index contributed by atoms with van der Waals surface area (Å²) < 4.78 is 32.8. The molecule has 1 aromatic carbocycles. The number of ether oxygens (including phenoxy) is 1. The van der Waals surface area contributed by atoms with Gasteiger partial charge in [-0.25, -0.2) is 18.6 Å². The van der Waals surface area contributed by atoms with Gasteiger partial charge in [0.25, 0.3) is 0 Å². The van der Waals surface area contributed by atoms with E-state index in [9.17, 15) is 13.6 Å². The van der Waals surface area contributed by atoms with Gasteiger partial charge in [0.05, 0.1) is 12.3 Å². The summed E-state index contributed by atoms with van der Waals surface area (Å²) in [6.45, 7) is 3.38. The van der Waals surface area contributed by atoms with Gasteiger partial charge in [0.15, 0.2) is 5.69 Å². The minimum Gasteiger partial charge on any atom is -0.461 e. The Hall–Kier alpha value is -2.44. The zero-order valence-electron chi connectivity index (χ0n) is 11.0. The highest BCUT2D eigenvalue weighted by molar-refractivity contribution is 5.92. The molecule has 0 radical (unpaired) electrons. The molecule has 106 valence electrons. The van der Waals surface area contributed by atoms with E-state index in [0.29, 0.717) is 5.82 Å². The van der Waals surface area contributed by atoms with Gasteiger partial charge in [0, 0.05) is 6.07 Å². The van der Waals surface area contributed by atoms with Crippen LogP contribution in [0, 0.1) is 18.6 Å². The first-order valence-electron chi connectivity index (χ1n) is 5.93. The number of aromatic nitrogens is 2. The number of benzene rings is 1. The zero-order chi connectivity index (χ0) is 14.9. The number of hydrogen-bond acceptors (Lipinski definition) is 4. The topological polar surface area (TPSA) is 70.1 Å². The van der Waals surface area contributed by atoms with Crippen LogP contribution in [0.2, 0.25) is 0 Å². The molecule has 0 aliphatic rings. The van der Waals surface area contributed by atoms with Crippen molar-refractivity contribution < 1.29 is 18.3 Å². The molecule has 1 aromatic heterocycles. The minimum absolute atomic E-state index is 0.0180. The van der Waals surface area contributed by atoms with Crippen molar-refractivity contribution in [2.24, 2.45) is 0 Å². The normalized spacial score (nSPS) is 10.6. The second-order valence-corrected chi connectivity index (χ2v) is 4.04. The third-order valence-electron chi connectivity index (χ3n) is 2.70. The van der Waals surface area contributed by atoms with Crippen molar-refractivity contribution >= 4 is 11.8 Å². The van der Waals surface area contributed by atoms with E-state index >= 15 is 0 Å². The molecule has 7 heteroatoms. The molecule has 2 N–H and O–H groups in total. The van der Waals surface area contributed by atoms with Crippen molar-refractivity contribution in [2.45, 2.75) is 13.8 Å². The Bertz CT molecular complexity index is 668. The van der Waals surface area contributed by atoms with Gasteiger partial charge in [-0.05, 0) is 26.0 Å². The van der Waals surface area contributed by atoms with Crippen molar-refractivity contribution in [1.29, 1.82) is 0 Å². The van der Waals surface area contributed by atoms with Crippen molar-refractivity contribution in [1.82, 2.24) is 9.55 Å². The van der Waals surface area contributed by atoms with Gasteiger partial charge in [-0.15, -0.1) is 0 Å². The first-order chi connectivity index (χ1) is 9.45. The highest BCUT2D eigenvalue weighted by atomic mass is 19.1. The van der Waals surface area contributed by atoms with Gasteiger partial charge in [-0.2, -0.15) is 0 Å². The molecule has 0 aliphatic heterocycles. The van der Waals surface area contributed by atoms with Gasteiger partial charge >= 0.3 is 5.97 Å². The van der Waals surface area contributed by atoms with E-state index in [0.717, 1.165) is 12.1 Å². The highest BCUT2D eigenvalue weighted by Gasteiger charge is 2.22. The van der Waals surface area contributed by atoms with Gasteiger partial charge in [0.1, 0.15) is 23.3 Å². The van der Waals surface area contributed by atoms with E-state index < -0.39 is 17.6 Å². The second kappa shape index (κ2) is 5.28. The average Bonchev–Trinajstić information content (AvgIpc) is 2.66. The maximum absolute atomic E-state index is 13.8. The summed E-state index contributed by atoms with van der Waals surface area (Å²) in [4.78, 5) is 15.6. The van der Waals surface area contributed by atoms with E-state index in [1.807, 2.05) is 0 Å². The summed E-state index contributed by atoms with van der Waals surface area (Å²) in [7, 11) is 0. The Kier molecular flexibility index (Phi) is 3.69. The Morgan fingerprint density at radius 3 is 2.75 bits per heavy atom. The second-order valence-electron chi connectivity index (χ2n) is 4.04. The Labute approximate surface area is 114 Å². The lowest BCUT2D eigenvalue weighted by Gasteiger charge is -2.09. The SMILES string of the molecule is CCOC(=O)c1nc(C)n(-c2ccc(F)cc2F)c1N. The Morgan fingerprint density at radius 1 is 1.45 bits per heavy atom. The first-order valence-corrected chi connectivity index (χ1v) is 5.93. The van der Waals surface area contributed by atoms with Gasteiger partial charge in [-0.1, -0.05) is 0 Å². The molecule has 0 spiro atoms. The lowest BCUT2D eigenvalue weighted by molar-refractivity contribution is 0.0521. The van der Waals surface area contributed by atoms with E-state index in [-0.39, 0.29) is 23.8 Å². The molecule has 20 heavy (non-hydrogen) atoms. The van der Waals surface area contributed by atoms with Crippen LogP contribution in [0.1, 0.15) is 23.2 Å². The van der Waals surface area contributed by atoms with Crippen LogP contribution in [0.3, 0.4) is 0 Å². The number of nitrogens with zero attached hydrogens (tertiary/aromatic N) is 2. The molecule has 0 atom stereocenters. The van der Waals surface area contributed by atoms with Gasteiger partial charge < -0.3 is 10.5 Å². The smallest absolute Gasteiger partial charge is 0.360 e. The Morgan fingerprint density at radius 2 is 2.15 bits per heavy atom. The molecule has 2 aromatic rings. The summed E-state index contributed by atoms with van der Waals surface area (Å²) in [5, 5.41) is 0. The molecule has 0 amide bonds. The fourth-order valence-corrected chi connectivity index (χ4v) is 1.87. The van der Waals surface area contributed by atoms with E-state index in [4.69, 9.17) is 10.5 Å². The lowest BCUT2D eigenvalue weighted by atomic mass is 10.3. The number of esters is 1. The summed E-state index contributed by atoms with van der Waals surface area (Å²) in [5.74, 6) is -1.93. The molecule has 0 aliphatic carbocycles. The molecule has 0 saturated heterocycles. The summed E-state index contributed by atoms with van der Waals surface area (Å²) >= 11 is 0. The highest BCUT2D eigenvalue weighted by Crippen LogP contribution is 2.23. The van der Waals surface area contributed by atoms with Crippen LogP contribution in [0.15, 0.2) is 18.2 Å². The van der Waals surface area contributed by atoms with Crippen molar-refractivity contribution in [2.75, 3.05) is 12.3 Å². The van der Waals surface area contributed by atoms with E-state index in [2.05, 4.69) is 4.98 Å². The standard InChI is InChI=1S/C13H13F2N3O2/c1-3-20-13(19)11-12(16)18(7(2)17-11)10-5-4-8(14)6-9(10)15/h4-6H,3,16H2,1-2H3. The number of nitrogens with two attached hydrogens (primary N) is 1. The molecule has 2 rings (SSSR count). The number of carbonyl (C=O) groups excluding carboxylic acids is 1. The molecule has 0 bridgehead atoms. The maximum atomic E-state index is 13.8. The third-order valence-corrected chi connectivity index (χ3v) is 2.70. The predicted octanol–water partition coefficient (Wildman–Crippen LogP) is 2.22. The number of anilines is 1. The van der Waals surface area contributed by atoms with Crippen LogP contribution in [-0.4, -0.2) is 22.1 Å². The van der Waals surface area contributed by atoms with Gasteiger partial charge in [0.2, 0.25) is 0 Å².